The summed E-state index contributed by atoms with van der Waals surface area (Å²) in [5.74, 6) is 5.11. The average Bonchev–Trinajstić information content (AvgIpc) is 3.05. The van der Waals surface area contributed by atoms with Gasteiger partial charge in [0, 0.05) is 49.6 Å². The Morgan fingerprint density at radius 2 is 2.00 bits per heavy atom. The molecular weight excluding hydrogens is 318 g/mol. The second-order valence-corrected chi connectivity index (χ2v) is 7.85. The zero-order chi connectivity index (χ0) is 16.4. The molecule has 24 heavy (non-hydrogen) atoms. The van der Waals surface area contributed by atoms with E-state index < -0.39 is 0 Å². The summed E-state index contributed by atoms with van der Waals surface area (Å²) < 4.78 is 0. The van der Waals surface area contributed by atoms with Gasteiger partial charge in [-0.1, -0.05) is 13.0 Å². The van der Waals surface area contributed by atoms with Crippen LogP contribution in [0.2, 0.25) is 0 Å². The Morgan fingerprint density at radius 1 is 1.17 bits per heavy atom. The van der Waals surface area contributed by atoms with Crippen LogP contribution < -0.4 is 9.80 Å². The van der Waals surface area contributed by atoms with Crippen molar-refractivity contribution in [2.24, 2.45) is 5.92 Å². The summed E-state index contributed by atoms with van der Waals surface area (Å²) in [5.41, 5.74) is 1.27. The molecule has 0 saturated carbocycles. The van der Waals surface area contributed by atoms with E-state index in [1.807, 2.05) is 30.2 Å². The molecule has 126 valence electrons. The van der Waals surface area contributed by atoms with Gasteiger partial charge in [-0.05, 0) is 24.0 Å². The van der Waals surface area contributed by atoms with Gasteiger partial charge < -0.3 is 9.80 Å². The molecule has 4 rings (SSSR count). The molecule has 0 unspecified atom stereocenters. The van der Waals surface area contributed by atoms with Crippen molar-refractivity contribution in [2.75, 3.05) is 40.9 Å². The predicted octanol–water partition coefficient (Wildman–Crippen LogP) is 3.01. The van der Waals surface area contributed by atoms with Gasteiger partial charge in [0.15, 0.2) is 0 Å². The average molecular weight is 341 g/mol. The minimum Gasteiger partial charge on any atom is -0.355 e. The van der Waals surface area contributed by atoms with Crippen LogP contribution in [0.1, 0.15) is 24.9 Å². The van der Waals surface area contributed by atoms with Crippen LogP contribution >= 0.6 is 11.8 Å². The summed E-state index contributed by atoms with van der Waals surface area (Å²) >= 11 is 2.02. The molecule has 0 spiro atoms. The van der Waals surface area contributed by atoms with Crippen molar-refractivity contribution in [3.8, 4) is 0 Å². The van der Waals surface area contributed by atoms with Crippen molar-refractivity contribution in [1.82, 2.24) is 15.0 Å². The standard InChI is InChI=1S/C18H23N5S/c1-14-9-16(15-3-2-4-19-11-15)23(12-14)18-10-17(20-13-21-18)22-5-7-24-8-6-22/h2-4,10-11,13-14,16H,5-9,12H2,1H3/t14-,16+/m1/s1. The number of nitrogens with zero attached hydrogens (tertiary/aromatic N) is 5. The molecule has 0 aromatic carbocycles. The summed E-state index contributed by atoms with van der Waals surface area (Å²) in [7, 11) is 0. The van der Waals surface area contributed by atoms with Crippen molar-refractivity contribution in [2.45, 2.75) is 19.4 Å². The van der Waals surface area contributed by atoms with Gasteiger partial charge in [0.25, 0.3) is 0 Å². The topological polar surface area (TPSA) is 45.2 Å². The number of aromatic nitrogens is 3. The van der Waals surface area contributed by atoms with Crippen LogP contribution in [0.15, 0.2) is 36.9 Å². The van der Waals surface area contributed by atoms with Crippen LogP contribution in [0.25, 0.3) is 0 Å². The second kappa shape index (κ2) is 6.97. The van der Waals surface area contributed by atoms with Crippen LogP contribution in [0, 0.1) is 5.92 Å². The van der Waals surface area contributed by atoms with Crippen molar-refractivity contribution in [3.05, 3.63) is 42.5 Å². The minimum atomic E-state index is 0.355. The van der Waals surface area contributed by atoms with Gasteiger partial charge in [0.05, 0.1) is 6.04 Å². The highest BCUT2D eigenvalue weighted by atomic mass is 32.2. The third kappa shape index (κ3) is 3.20. The lowest BCUT2D eigenvalue weighted by Gasteiger charge is -2.30. The van der Waals surface area contributed by atoms with Crippen molar-refractivity contribution >= 4 is 23.4 Å². The molecule has 2 fully saturated rings. The van der Waals surface area contributed by atoms with Crippen LogP contribution in [0.3, 0.4) is 0 Å². The monoisotopic (exact) mass is 341 g/mol. The first kappa shape index (κ1) is 15.7. The summed E-state index contributed by atoms with van der Waals surface area (Å²) in [5, 5.41) is 0. The summed E-state index contributed by atoms with van der Waals surface area (Å²) in [4.78, 5) is 18.2. The maximum Gasteiger partial charge on any atom is 0.134 e. The second-order valence-electron chi connectivity index (χ2n) is 6.63. The molecule has 0 aliphatic carbocycles. The van der Waals surface area contributed by atoms with Gasteiger partial charge in [-0.25, -0.2) is 9.97 Å². The molecule has 4 heterocycles. The lowest BCUT2D eigenvalue weighted by atomic mass is 10.0. The Balaban J connectivity index is 1.61. The fraction of sp³-hybridized carbons (Fsp3) is 0.500. The van der Waals surface area contributed by atoms with Crippen LogP contribution in [-0.2, 0) is 0 Å². The molecule has 2 saturated heterocycles. The zero-order valence-corrected chi connectivity index (χ0v) is 14.8. The van der Waals surface area contributed by atoms with E-state index in [0.29, 0.717) is 12.0 Å². The van der Waals surface area contributed by atoms with Crippen molar-refractivity contribution in [3.63, 3.8) is 0 Å². The first-order valence-electron chi connectivity index (χ1n) is 8.62. The zero-order valence-electron chi connectivity index (χ0n) is 14.0. The lowest BCUT2D eigenvalue weighted by Crippen LogP contribution is -2.33. The van der Waals surface area contributed by atoms with E-state index in [1.54, 1.807) is 6.33 Å². The number of hydrogen-bond donors (Lipinski definition) is 0. The molecule has 2 aliphatic rings. The third-order valence-electron chi connectivity index (χ3n) is 4.85. The first-order valence-corrected chi connectivity index (χ1v) is 9.78. The summed E-state index contributed by atoms with van der Waals surface area (Å²) in [6.07, 6.45) is 6.68. The highest BCUT2D eigenvalue weighted by Gasteiger charge is 2.32. The van der Waals surface area contributed by atoms with E-state index >= 15 is 0 Å². The number of anilines is 2. The SMILES string of the molecule is C[C@@H]1C[C@@H](c2cccnc2)N(c2cc(N3CCSCC3)ncn2)C1. The van der Waals surface area contributed by atoms with Gasteiger partial charge in [-0.15, -0.1) is 0 Å². The Kier molecular flexibility index (Phi) is 4.56. The minimum absolute atomic E-state index is 0.355. The van der Waals surface area contributed by atoms with E-state index in [1.165, 1.54) is 17.1 Å². The molecule has 0 bridgehead atoms. The molecule has 2 aromatic heterocycles. The Labute approximate surface area is 147 Å². The maximum absolute atomic E-state index is 4.59. The normalized spacial score (nSPS) is 24.4. The molecule has 2 aromatic rings. The van der Waals surface area contributed by atoms with Gasteiger partial charge in [0.2, 0.25) is 0 Å². The number of thioether (sulfide) groups is 1. The maximum atomic E-state index is 4.59. The fourth-order valence-corrected chi connectivity index (χ4v) is 4.55. The lowest BCUT2D eigenvalue weighted by molar-refractivity contribution is 0.617. The number of rotatable bonds is 3. The quantitative estimate of drug-likeness (QED) is 0.855. The highest BCUT2D eigenvalue weighted by molar-refractivity contribution is 7.99. The van der Waals surface area contributed by atoms with E-state index in [4.69, 9.17) is 0 Å². The molecule has 5 nitrogen and oxygen atoms in total. The summed E-state index contributed by atoms with van der Waals surface area (Å²) in [6, 6.07) is 6.71. The van der Waals surface area contributed by atoms with Gasteiger partial charge >= 0.3 is 0 Å². The molecule has 0 radical (unpaired) electrons. The van der Waals surface area contributed by atoms with Crippen LogP contribution in [0.4, 0.5) is 11.6 Å². The van der Waals surface area contributed by atoms with E-state index in [0.717, 1.165) is 37.7 Å². The van der Waals surface area contributed by atoms with Gasteiger partial charge in [0.1, 0.15) is 18.0 Å². The molecule has 2 aliphatic heterocycles. The Bertz CT molecular complexity index is 674. The van der Waals surface area contributed by atoms with Crippen molar-refractivity contribution in [1.29, 1.82) is 0 Å². The van der Waals surface area contributed by atoms with Gasteiger partial charge in [-0.3, -0.25) is 4.98 Å². The van der Waals surface area contributed by atoms with E-state index in [-0.39, 0.29) is 0 Å². The number of pyridine rings is 1. The van der Waals surface area contributed by atoms with Crippen LogP contribution in [-0.4, -0.2) is 46.1 Å². The molecular formula is C18H23N5S. The highest BCUT2D eigenvalue weighted by Crippen LogP contribution is 2.38. The van der Waals surface area contributed by atoms with E-state index in [2.05, 4.69) is 43.8 Å². The molecule has 2 atom stereocenters. The fourth-order valence-electron chi connectivity index (χ4n) is 3.65. The first-order chi connectivity index (χ1) is 11.8. The molecule has 0 amide bonds. The van der Waals surface area contributed by atoms with Crippen molar-refractivity contribution < 1.29 is 0 Å². The predicted molar refractivity (Wildman–Crippen MR) is 99.7 cm³/mol. The molecule has 6 heteroatoms. The van der Waals surface area contributed by atoms with Gasteiger partial charge in [-0.2, -0.15) is 11.8 Å². The summed E-state index contributed by atoms with van der Waals surface area (Å²) in [6.45, 7) is 5.49. The smallest absolute Gasteiger partial charge is 0.134 e. The molecule has 0 N–H and O–H groups in total. The third-order valence-corrected chi connectivity index (χ3v) is 5.79. The number of hydrogen-bond acceptors (Lipinski definition) is 6. The Hall–Kier alpha value is -1.82. The van der Waals surface area contributed by atoms with E-state index in [9.17, 15) is 0 Å². The van der Waals surface area contributed by atoms with Crippen LogP contribution in [0.5, 0.6) is 0 Å². The Morgan fingerprint density at radius 3 is 2.79 bits per heavy atom. The largest absolute Gasteiger partial charge is 0.355 e.